The molecular formula is C16H22BrN3O. The van der Waals surface area contributed by atoms with E-state index in [9.17, 15) is 0 Å². The maximum Gasteiger partial charge on any atom is 0.172 e. The summed E-state index contributed by atoms with van der Waals surface area (Å²) in [4.78, 5) is 2.25. The number of anilines is 1. The number of amidine groups is 1. The molecule has 0 aromatic heterocycles. The van der Waals surface area contributed by atoms with Crippen molar-refractivity contribution < 1.29 is 5.21 Å². The van der Waals surface area contributed by atoms with Crippen LogP contribution in [0.5, 0.6) is 0 Å². The molecule has 0 radical (unpaired) electrons. The van der Waals surface area contributed by atoms with E-state index in [0.29, 0.717) is 0 Å². The van der Waals surface area contributed by atoms with E-state index in [1.165, 1.54) is 25.7 Å². The van der Waals surface area contributed by atoms with Gasteiger partial charge in [0.1, 0.15) is 0 Å². The molecule has 2 fully saturated rings. The smallest absolute Gasteiger partial charge is 0.172 e. The topological polar surface area (TPSA) is 61.8 Å². The molecule has 0 aliphatic heterocycles. The van der Waals surface area contributed by atoms with Gasteiger partial charge < -0.3 is 15.8 Å². The Hall–Kier alpha value is -1.23. The van der Waals surface area contributed by atoms with Crippen LogP contribution in [0.1, 0.15) is 31.2 Å². The quantitative estimate of drug-likeness (QED) is 0.378. The average molecular weight is 352 g/mol. The monoisotopic (exact) mass is 351 g/mol. The Morgan fingerprint density at radius 1 is 1.43 bits per heavy atom. The summed E-state index contributed by atoms with van der Waals surface area (Å²) in [6.07, 6.45) is 5.61. The first-order valence-electron chi connectivity index (χ1n) is 7.57. The highest BCUT2D eigenvalue weighted by atomic mass is 79.9. The van der Waals surface area contributed by atoms with Gasteiger partial charge in [-0.2, -0.15) is 0 Å². The highest BCUT2D eigenvalue weighted by molar-refractivity contribution is 9.10. The van der Waals surface area contributed by atoms with Gasteiger partial charge in [-0.25, -0.2) is 0 Å². The molecule has 2 bridgehead atoms. The van der Waals surface area contributed by atoms with E-state index >= 15 is 0 Å². The van der Waals surface area contributed by atoms with Gasteiger partial charge in [0.25, 0.3) is 0 Å². The minimum atomic E-state index is 0.164. The molecule has 114 valence electrons. The second kappa shape index (κ2) is 5.87. The Morgan fingerprint density at radius 2 is 2.24 bits per heavy atom. The molecule has 21 heavy (non-hydrogen) atoms. The van der Waals surface area contributed by atoms with Gasteiger partial charge in [0.2, 0.25) is 0 Å². The minimum absolute atomic E-state index is 0.164. The number of nitrogens with zero attached hydrogens (tertiary/aromatic N) is 2. The van der Waals surface area contributed by atoms with Crippen molar-refractivity contribution in [3.05, 3.63) is 28.2 Å². The number of hydrogen-bond donors (Lipinski definition) is 2. The number of fused-ring (bicyclic) bond motifs is 2. The number of oxime groups is 1. The molecule has 0 amide bonds. The molecular weight excluding hydrogens is 330 g/mol. The van der Waals surface area contributed by atoms with Crippen LogP contribution in [0, 0.1) is 17.8 Å². The molecule has 3 rings (SSSR count). The minimum Gasteiger partial charge on any atom is -0.409 e. The summed E-state index contributed by atoms with van der Waals surface area (Å²) in [5.41, 5.74) is 7.61. The predicted octanol–water partition coefficient (Wildman–Crippen LogP) is 3.42. The Balaban J connectivity index is 1.80. The summed E-state index contributed by atoms with van der Waals surface area (Å²) in [6, 6.07) is 5.86. The van der Waals surface area contributed by atoms with E-state index in [0.717, 1.165) is 40.0 Å². The Kier molecular flexibility index (Phi) is 4.11. The van der Waals surface area contributed by atoms with Crippen molar-refractivity contribution in [1.82, 2.24) is 0 Å². The summed E-state index contributed by atoms with van der Waals surface area (Å²) < 4.78 is 1.01. The third-order valence-electron chi connectivity index (χ3n) is 5.15. The number of halogens is 1. The molecule has 0 saturated heterocycles. The summed E-state index contributed by atoms with van der Waals surface area (Å²) in [6.45, 7) is 1.04. The van der Waals surface area contributed by atoms with E-state index in [-0.39, 0.29) is 5.84 Å². The molecule has 0 heterocycles. The molecule has 0 spiro atoms. The second-order valence-corrected chi connectivity index (χ2v) is 7.38. The van der Waals surface area contributed by atoms with E-state index in [1.54, 1.807) is 0 Å². The third kappa shape index (κ3) is 2.89. The lowest BCUT2D eigenvalue weighted by molar-refractivity contribution is 0.318. The number of nitrogens with two attached hydrogens (primary N) is 1. The summed E-state index contributed by atoms with van der Waals surface area (Å²) >= 11 is 3.51. The maximum absolute atomic E-state index is 8.97. The van der Waals surface area contributed by atoms with Crippen LogP contribution in [0.3, 0.4) is 0 Å². The van der Waals surface area contributed by atoms with Gasteiger partial charge in [0, 0.05) is 29.3 Å². The van der Waals surface area contributed by atoms with E-state index < -0.39 is 0 Å². The Bertz CT molecular complexity index is 560. The van der Waals surface area contributed by atoms with Crippen molar-refractivity contribution in [3.63, 3.8) is 0 Å². The molecule has 3 atom stereocenters. The molecule has 5 heteroatoms. The molecule has 4 nitrogen and oxygen atoms in total. The van der Waals surface area contributed by atoms with Crippen LogP contribution in [-0.4, -0.2) is 24.6 Å². The van der Waals surface area contributed by atoms with Crippen LogP contribution in [0.15, 0.2) is 27.8 Å². The molecule has 3 unspecified atom stereocenters. The van der Waals surface area contributed by atoms with Crippen LogP contribution in [0.2, 0.25) is 0 Å². The molecule has 3 N–H and O–H groups in total. The van der Waals surface area contributed by atoms with Crippen LogP contribution >= 0.6 is 15.9 Å². The van der Waals surface area contributed by atoms with Gasteiger partial charge in [-0.15, -0.1) is 0 Å². The van der Waals surface area contributed by atoms with Gasteiger partial charge in [-0.3, -0.25) is 0 Å². The molecule has 2 aliphatic rings. The summed E-state index contributed by atoms with van der Waals surface area (Å²) in [7, 11) is 2.10. The lowest BCUT2D eigenvalue weighted by Crippen LogP contribution is -2.30. The summed E-state index contributed by atoms with van der Waals surface area (Å²) in [5.74, 6) is 2.81. The highest BCUT2D eigenvalue weighted by Gasteiger charge is 2.39. The number of benzene rings is 1. The zero-order valence-electron chi connectivity index (χ0n) is 12.3. The zero-order valence-corrected chi connectivity index (χ0v) is 13.9. The lowest BCUT2D eigenvalue weighted by atomic mass is 9.88. The maximum atomic E-state index is 8.97. The fraction of sp³-hybridized carbons (Fsp3) is 0.562. The van der Waals surface area contributed by atoms with E-state index in [2.05, 4.69) is 33.0 Å². The summed E-state index contributed by atoms with van der Waals surface area (Å²) in [5, 5.41) is 12.1. The van der Waals surface area contributed by atoms with Gasteiger partial charge in [0.05, 0.1) is 0 Å². The van der Waals surface area contributed by atoms with Crippen molar-refractivity contribution in [2.24, 2.45) is 28.6 Å². The highest BCUT2D eigenvalue weighted by Crippen LogP contribution is 2.48. The van der Waals surface area contributed by atoms with Gasteiger partial charge in [-0.05, 0) is 55.2 Å². The van der Waals surface area contributed by atoms with Gasteiger partial charge >= 0.3 is 0 Å². The van der Waals surface area contributed by atoms with Crippen LogP contribution in [-0.2, 0) is 0 Å². The van der Waals surface area contributed by atoms with Crippen molar-refractivity contribution in [2.75, 3.05) is 18.5 Å². The Morgan fingerprint density at radius 3 is 2.86 bits per heavy atom. The fourth-order valence-corrected chi connectivity index (χ4v) is 4.49. The second-order valence-electron chi connectivity index (χ2n) is 6.46. The zero-order chi connectivity index (χ0) is 15.0. The molecule has 1 aromatic rings. The first-order valence-corrected chi connectivity index (χ1v) is 8.36. The lowest BCUT2D eigenvalue weighted by Gasteiger charge is -2.29. The van der Waals surface area contributed by atoms with Crippen LogP contribution in [0.25, 0.3) is 0 Å². The fourth-order valence-electron chi connectivity index (χ4n) is 4.14. The van der Waals surface area contributed by atoms with Gasteiger partial charge in [0.15, 0.2) is 5.84 Å². The Labute approximate surface area is 134 Å². The van der Waals surface area contributed by atoms with Crippen molar-refractivity contribution in [2.45, 2.75) is 25.7 Å². The first kappa shape index (κ1) is 14.7. The number of rotatable bonds is 4. The first-order chi connectivity index (χ1) is 10.1. The van der Waals surface area contributed by atoms with Gasteiger partial charge in [-0.1, -0.05) is 27.5 Å². The van der Waals surface area contributed by atoms with Crippen molar-refractivity contribution in [3.8, 4) is 0 Å². The largest absolute Gasteiger partial charge is 0.409 e. The van der Waals surface area contributed by atoms with E-state index in [1.807, 2.05) is 18.2 Å². The molecule has 2 aliphatic carbocycles. The molecule has 1 aromatic carbocycles. The van der Waals surface area contributed by atoms with Crippen LogP contribution in [0.4, 0.5) is 5.69 Å². The van der Waals surface area contributed by atoms with Crippen molar-refractivity contribution >= 4 is 27.5 Å². The predicted molar refractivity (Wildman–Crippen MR) is 88.9 cm³/mol. The van der Waals surface area contributed by atoms with Crippen LogP contribution < -0.4 is 10.6 Å². The van der Waals surface area contributed by atoms with E-state index in [4.69, 9.17) is 10.9 Å². The van der Waals surface area contributed by atoms with Crippen molar-refractivity contribution in [1.29, 1.82) is 0 Å². The SMILES string of the molecule is CN(CC1CC2CCC1C2)c1cc(Br)ccc1/C(N)=N/O. The standard InChI is InChI=1S/C16H22BrN3O/c1-20(9-12-7-10-2-3-11(12)6-10)15-8-13(17)4-5-14(15)16(18)19-21/h4-5,8,10-12,21H,2-3,6-7,9H2,1H3,(H2,18,19). The molecule has 2 saturated carbocycles. The third-order valence-corrected chi connectivity index (χ3v) is 5.64. The number of hydrogen-bond acceptors (Lipinski definition) is 3. The average Bonchev–Trinajstić information content (AvgIpc) is 3.09. The normalized spacial score (nSPS) is 28.1.